The quantitative estimate of drug-likeness (QED) is 0.857. The van der Waals surface area contributed by atoms with Gasteiger partial charge < -0.3 is 10.2 Å². The fourth-order valence-electron chi connectivity index (χ4n) is 2.07. The molecule has 0 fully saturated rings. The second-order valence-electron chi connectivity index (χ2n) is 4.56. The van der Waals surface area contributed by atoms with E-state index in [4.69, 9.17) is 0 Å². The zero-order valence-corrected chi connectivity index (χ0v) is 12.0. The van der Waals surface area contributed by atoms with Crippen LogP contribution in [0.5, 0.6) is 0 Å². The molecule has 2 aromatic rings. The van der Waals surface area contributed by atoms with Gasteiger partial charge in [0.2, 0.25) is 11.8 Å². The molecule has 0 heterocycles. The van der Waals surface area contributed by atoms with Crippen molar-refractivity contribution in [2.45, 2.75) is 13.3 Å². The minimum Gasteiger partial charge on any atom is -0.326 e. The van der Waals surface area contributed by atoms with Gasteiger partial charge in [0.15, 0.2) is 0 Å². The highest BCUT2D eigenvalue weighted by atomic mass is 16.2. The molecule has 0 aromatic heterocycles. The van der Waals surface area contributed by atoms with Crippen molar-refractivity contribution in [3.63, 3.8) is 0 Å². The molecule has 0 bridgehead atoms. The predicted molar refractivity (Wildman–Crippen MR) is 84.2 cm³/mol. The van der Waals surface area contributed by atoms with E-state index in [9.17, 15) is 9.59 Å². The van der Waals surface area contributed by atoms with E-state index >= 15 is 0 Å². The van der Waals surface area contributed by atoms with Crippen molar-refractivity contribution >= 4 is 23.2 Å². The standard InChI is InChI=1S/C17H18N2O2/c1-2-19(15-11-7-4-8-12-15)17(21)13-16(20)18-14-9-5-3-6-10-14/h3-12H,2,13H2,1H3,(H,18,20). The molecule has 4 nitrogen and oxygen atoms in total. The third-order valence-corrected chi connectivity index (χ3v) is 3.05. The molecular formula is C17H18N2O2. The molecule has 4 heteroatoms. The van der Waals surface area contributed by atoms with Crippen LogP contribution < -0.4 is 10.2 Å². The Balaban J connectivity index is 1.98. The van der Waals surface area contributed by atoms with E-state index in [0.717, 1.165) is 5.69 Å². The van der Waals surface area contributed by atoms with Gasteiger partial charge in [-0.1, -0.05) is 36.4 Å². The Morgan fingerprint density at radius 1 is 0.952 bits per heavy atom. The van der Waals surface area contributed by atoms with Crippen molar-refractivity contribution in [2.24, 2.45) is 0 Å². The summed E-state index contributed by atoms with van der Waals surface area (Å²) < 4.78 is 0. The molecule has 0 saturated heterocycles. The number of nitrogens with zero attached hydrogens (tertiary/aromatic N) is 1. The number of hydrogen-bond acceptors (Lipinski definition) is 2. The zero-order valence-electron chi connectivity index (χ0n) is 12.0. The minimum absolute atomic E-state index is 0.169. The molecule has 108 valence electrons. The van der Waals surface area contributed by atoms with E-state index in [-0.39, 0.29) is 18.2 Å². The Morgan fingerprint density at radius 3 is 2.10 bits per heavy atom. The van der Waals surface area contributed by atoms with Gasteiger partial charge in [-0.2, -0.15) is 0 Å². The molecule has 0 atom stereocenters. The van der Waals surface area contributed by atoms with Gasteiger partial charge in [-0.25, -0.2) is 0 Å². The lowest BCUT2D eigenvalue weighted by Gasteiger charge is -2.20. The molecule has 0 radical (unpaired) electrons. The van der Waals surface area contributed by atoms with Crippen molar-refractivity contribution in [2.75, 3.05) is 16.8 Å². The fourth-order valence-corrected chi connectivity index (χ4v) is 2.07. The number of rotatable bonds is 5. The van der Waals surface area contributed by atoms with E-state index in [1.54, 1.807) is 17.0 Å². The smallest absolute Gasteiger partial charge is 0.236 e. The van der Waals surface area contributed by atoms with Crippen molar-refractivity contribution < 1.29 is 9.59 Å². The number of benzene rings is 2. The average molecular weight is 282 g/mol. The maximum atomic E-state index is 12.2. The highest BCUT2D eigenvalue weighted by Crippen LogP contribution is 2.14. The molecular weight excluding hydrogens is 264 g/mol. The van der Waals surface area contributed by atoms with E-state index in [1.807, 2.05) is 55.5 Å². The van der Waals surface area contributed by atoms with E-state index in [0.29, 0.717) is 12.2 Å². The molecule has 2 rings (SSSR count). The van der Waals surface area contributed by atoms with Crippen LogP contribution >= 0.6 is 0 Å². The van der Waals surface area contributed by atoms with Crippen LogP contribution in [-0.2, 0) is 9.59 Å². The first kappa shape index (κ1) is 14.8. The summed E-state index contributed by atoms with van der Waals surface area (Å²) in [4.78, 5) is 25.8. The molecule has 2 aromatic carbocycles. The minimum atomic E-state index is -0.305. The summed E-state index contributed by atoms with van der Waals surface area (Å²) >= 11 is 0. The second-order valence-corrected chi connectivity index (χ2v) is 4.56. The van der Waals surface area contributed by atoms with Crippen LogP contribution in [-0.4, -0.2) is 18.4 Å². The Kier molecular flexibility index (Phi) is 5.10. The summed E-state index contributed by atoms with van der Waals surface area (Å²) in [5.41, 5.74) is 1.50. The third-order valence-electron chi connectivity index (χ3n) is 3.05. The van der Waals surface area contributed by atoms with Gasteiger partial charge in [0.25, 0.3) is 0 Å². The number of anilines is 2. The largest absolute Gasteiger partial charge is 0.326 e. The highest BCUT2D eigenvalue weighted by Gasteiger charge is 2.17. The Hall–Kier alpha value is -2.62. The predicted octanol–water partition coefficient (Wildman–Crippen LogP) is 3.07. The van der Waals surface area contributed by atoms with Gasteiger partial charge in [0.05, 0.1) is 0 Å². The summed E-state index contributed by atoms with van der Waals surface area (Å²) in [5, 5.41) is 2.72. The van der Waals surface area contributed by atoms with Gasteiger partial charge in [-0.3, -0.25) is 9.59 Å². The second kappa shape index (κ2) is 7.24. The highest BCUT2D eigenvalue weighted by molar-refractivity contribution is 6.09. The lowest BCUT2D eigenvalue weighted by atomic mass is 10.2. The number of nitrogens with one attached hydrogen (secondary N) is 1. The summed E-state index contributed by atoms with van der Waals surface area (Å²) in [7, 11) is 0. The normalized spacial score (nSPS) is 9.95. The molecule has 2 amide bonds. The topological polar surface area (TPSA) is 49.4 Å². The lowest BCUT2D eigenvalue weighted by molar-refractivity contribution is -0.125. The molecule has 0 saturated carbocycles. The molecule has 21 heavy (non-hydrogen) atoms. The Morgan fingerprint density at radius 2 is 1.52 bits per heavy atom. The summed E-state index contributed by atoms with van der Waals surface area (Å²) in [6.45, 7) is 2.42. The average Bonchev–Trinajstić information content (AvgIpc) is 2.50. The number of carbonyl (C=O) groups excluding carboxylic acids is 2. The van der Waals surface area contributed by atoms with Crippen LogP contribution in [0.25, 0.3) is 0 Å². The van der Waals surface area contributed by atoms with Crippen LogP contribution in [0.3, 0.4) is 0 Å². The van der Waals surface area contributed by atoms with E-state index < -0.39 is 0 Å². The van der Waals surface area contributed by atoms with Crippen LogP contribution in [0, 0.1) is 0 Å². The molecule has 0 spiro atoms. The fraction of sp³-hybridized carbons (Fsp3) is 0.176. The van der Waals surface area contributed by atoms with Gasteiger partial charge in [0.1, 0.15) is 6.42 Å². The van der Waals surface area contributed by atoms with Crippen LogP contribution in [0.2, 0.25) is 0 Å². The summed E-state index contributed by atoms with van der Waals surface area (Å²) in [5.74, 6) is -0.516. The molecule has 1 N–H and O–H groups in total. The van der Waals surface area contributed by atoms with Crippen molar-refractivity contribution in [1.29, 1.82) is 0 Å². The van der Waals surface area contributed by atoms with Crippen molar-refractivity contribution in [1.82, 2.24) is 0 Å². The molecule has 0 unspecified atom stereocenters. The first-order valence-corrected chi connectivity index (χ1v) is 6.91. The molecule has 0 aliphatic heterocycles. The number of carbonyl (C=O) groups is 2. The SMILES string of the molecule is CCN(C(=O)CC(=O)Nc1ccccc1)c1ccccc1. The first-order valence-electron chi connectivity index (χ1n) is 6.91. The Bertz CT molecular complexity index is 597. The third kappa shape index (κ3) is 4.18. The van der Waals surface area contributed by atoms with Crippen LogP contribution in [0.1, 0.15) is 13.3 Å². The first-order chi connectivity index (χ1) is 10.2. The van der Waals surface area contributed by atoms with Crippen LogP contribution in [0.15, 0.2) is 60.7 Å². The number of amides is 2. The van der Waals surface area contributed by atoms with E-state index in [1.165, 1.54) is 0 Å². The monoisotopic (exact) mass is 282 g/mol. The van der Waals surface area contributed by atoms with Gasteiger partial charge in [-0.05, 0) is 31.2 Å². The molecule has 0 aliphatic rings. The van der Waals surface area contributed by atoms with Crippen molar-refractivity contribution in [3.05, 3.63) is 60.7 Å². The van der Waals surface area contributed by atoms with Gasteiger partial charge in [0, 0.05) is 17.9 Å². The number of hydrogen-bond donors (Lipinski definition) is 1. The Labute approximate surface area is 124 Å². The summed E-state index contributed by atoms with van der Waals surface area (Å²) in [6.07, 6.45) is -0.169. The van der Waals surface area contributed by atoms with E-state index in [2.05, 4.69) is 5.32 Å². The van der Waals surface area contributed by atoms with Crippen LogP contribution in [0.4, 0.5) is 11.4 Å². The zero-order chi connectivity index (χ0) is 15.1. The number of para-hydroxylation sites is 2. The van der Waals surface area contributed by atoms with Gasteiger partial charge >= 0.3 is 0 Å². The maximum absolute atomic E-state index is 12.2. The van der Waals surface area contributed by atoms with Crippen molar-refractivity contribution in [3.8, 4) is 0 Å². The molecule has 0 aliphatic carbocycles. The maximum Gasteiger partial charge on any atom is 0.236 e. The van der Waals surface area contributed by atoms with Gasteiger partial charge in [-0.15, -0.1) is 0 Å². The summed E-state index contributed by atoms with van der Waals surface area (Å²) in [6, 6.07) is 18.5. The lowest BCUT2D eigenvalue weighted by Crippen LogP contribution is -2.33.